The molecule has 2 aromatic carbocycles. The van der Waals surface area contributed by atoms with Crippen LogP contribution in [0.4, 0.5) is 15.8 Å². The number of amides is 1. The van der Waals surface area contributed by atoms with Gasteiger partial charge in [-0.3, -0.25) is 9.10 Å². The first-order valence-electron chi connectivity index (χ1n) is 10.7. The topological polar surface area (TPSA) is 69.7 Å². The van der Waals surface area contributed by atoms with E-state index in [1.165, 1.54) is 35.5 Å². The summed E-state index contributed by atoms with van der Waals surface area (Å²) in [6.07, 6.45) is 4.32. The Labute approximate surface area is 184 Å². The van der Waals surface area contributed by atoms with Crippen LogP contribution in [-0.4, -0.2) is 46.3 Å². The van der Waals surface area contributed by atoms with E-state index in [2.05, 4.69) is 28.4 Å². The molecule has 0 aliphatic carbocycles. The lowest BCUT2D eigenvalue weighted by atomic mass is 10.0. The highest BCUT2D eigenvalue weighted by Crippen LogP contribution is 2.26. The van der Waals surface area contributed by atoms with E-state index in [1.54, 1.807) is 6.92 Å². The standard InChI is InChI=1S/C23H30FN3O3S/c1-3-21(27(31(2,29)30)20-13-11-19(24)12-14-20)23(28)25-15-7-17-26-16-6-9-18-8-4-5-10-22(18)26/h4-5,8,10-14,21H,3,6-7,9,15-17H2,1-2H3,(H,25,28)/t21-/m1/s1. The number of hydrogen-bond donors (Lipinski definition) is 1. The summed E-state index contributed by atoms with van der Waals surface area (Å²) in [4.78, 5) is 15.2. The molecule has 1 heterocycles. The Kier molecular flexibility index (Phi) is 7.54. The van der Waals surface area contributed by atoms with E-state index in [1.807, 2.05) is 6.07 Å². The molecule has 0 saturated carbocycles. The van der Waals surface area contributed by atoms with Gasteiger partial charge in [-0.05, 0) is 61.6 Å². The van der Waals surface area contributed by atoms with Gasteiger partial charge in [0.2, 0.25) is 15.9 Å². The van der Waals surface area contributed by atoms with Crippen LogP contribution in [0.2, 0.25) is 0 Å². The van der Waals surface area contributed by atoms with Gasteiger partial charge in [-0.2, -0.15) is 0 Å². The first-order valence-corrected chi connectivity index (χ1v) is 12.5. The molecule has 0 aromatic heterocycles. The van der Waals surface area contributed by atoms with Crippen LogP contribution in [0.5, 0.6) is 0 Å². The maximum Gasteiger partial charge on any atom is 0.243 e. The molecule has 0 bridgehead atoms. The zero-order chi connectivity index (χ0) is 22.4. The number of rotatable bonds is 9. The fourth-order valence-corrected chi connectivity index (χ4v) is 5.30. The summed E-state index contributed by atoms with van der Waals surface area (Å²) >= 11 is 0. The average Bonchev–Trinajstić information content (AvgIpc) is 2.75. The second-order valence-corrected chi connectivity index (χ2v) is 9.68. The largest absolute Gasteiger partial charge is 0.371 e. The summed E-state index contributed by atoms with van der Waals surface area (Å²) in [5.74, 6) is -0.815. The second-order valence-electron chi connectivity index (χ2n) is 7.82. The molecule has 8 heteroatoms. The lowest BCUT2D eigenvalue weighted by molar-refractivity contribution is -0.122. The number of para-hydroxylation sites is 1. The summed E-state index contributed by atoms with van der Waals surface area (Å²) in [6, 6.07) is 12.6. The molecule has 0 saturated heterocycles. The van der Waals surface area contributed by atoms with Gasteiger partial charge in [0.15, 0.2) is 0 Å². The van der Waals surface area contributed by atoms with E-state index < -0.39 is 21.9 Å². The van der Waals surface area contributed by atoms with Crippen molar-refractivity contribution in [3.05, 3.63) is 59.9 Å². The SMILES string of the molecule is CC[C@H](C(=O)NCCCN1CCCc2ccccc21)N(c1ccc(F)cc1)S(C)(=O)=O. The van der Waals surface area contributed by atoms with Crippen LogP contribution in [0.3, 0.4) is 0 Å². The van der Waals surface area contributed by atoms with E-state index in [-0.39, 0.29) is 11.6 Å². The summed E-state index contributed by atoms with van der Waals surface area (Å²) in [6.45, 7) is 4.03. The van der Waals surface area contributed by atoms with E-state index in [9.17, 15) is 17.6 Å². The molecule has 0 spiro atoms. The van der Waals surface area contributed by atoms with Gasteiger partial charge < -0.3 is 10.2 Å². The molecule has 3 rings (SSSR count). The Hall–Kier alpha value is -2.61. The maximum absolute atomic E-state index is 13.3. The average molecular weight is 448 g/mol. The van der Waals surface area contributed by atoms with Gasteiger partial charge in [0.25, 0.3) is 0 Å². The monoisotopic (exact) mass is 447 g/mol. The minimum atomic E-state index is -3.73. The molecule has 1 amide bonds. The number of halogens is 1. The minimum Gasteiger partial charge on any atom is -0.371 e. The molecular formula is C23H30FN3O3S. The molecule has 0 fully saturated rings. The fourth-order valence-electron chi connectivity index (χ4n) is 4.09. The van der Waals surface area contributed by atoms with Crippen LogP contribution in [0, 0.1) is 5.82 Å². The van der Waals surface area contributed by atoms with Gasteiger partial charge in [0, 0.05) is 25.3 Å². The number of nitrogens with zero attached hydrogens (tertiary/aromatic N) is 2. The van der Waals surface area contributed by atoms with E-state index in [0.717, 1.165) is 42.9 Å². The third kappa shape index (κ3) is 5.76. The molecule has 31 heavy (non-hydrogen) atoms. The van der Waals surface area contributed by atoms with Crippen molar-refractivity contribution in [1.29, 1.82) is 0 Å². The van der Waals surface area contributed by atoms with Gasteiger partial charge in [0.1, 0.15) is 11.9 Å². The van der Waals surface area contributed by atoms with Gasteiger partial charge in [-0.15, -0.1) is 0 Å². The van der Waals surface area contributed by atoms with Crippen LogP contribution in [0.1, 0.15) is 31.7 Å². The Bertz CT molecular complexity index is 995. The number of aryl methyl sites for hydroxylation is 1. The minimum absolute atomic E-state index is 0.274. The molecule has 6 nitrogen and oxygen atoms in total. The molecule has 0 radical (unpaired) electrons. The van der Waals surface area contributed by atoms with E-state index >= 15 is 0 Å². The highest BCUT2D eigenvalue weighted by atomic mass is 32.2. The van der Waals surface area contributed by atoms with Gasteiger partial charge in [-0.1, -0.05) is 25.1 Å². The summed E-state index contributed by atoms with van der Waals surface area (Å²) < 4.78 is 39.2. The summed E-state index contributed by atoms with van der Waals surface area (Å²) in [5.41, 5.74) is 2.88. The number of anilines is 2. The highest BCUT2D eigenvalue weighted by molar-refractivity contribution is 7.92. The first-order chi connectivity index (χ1) is 14.8. The van der Waals surface area contributed by atoms with Gasteiger partial charge in [0.05, 0.1) is 11.9 Å². The van der Waals surface area contributed by atoms with E-state index in [0.29, 0.717) is 13.0 Å². The van der Waals surface area contributed by atoms with Crippen molar-refractivity contribution < 1.29 is 17.6 Å². The lowest BCUT2D eigenvalue weighted by Crippen LogP contribution is -2.49. The van der Waals surface area contributed by atoms with Crippen molar-refractivity contribution in [2.75, 3.05) is 35.1 Å². The molecule has 1 aliphatic heterocycles. The molecule has 1 atom stereocenters. The molecule has 1 N–H and O–H groups in total. The lowest BCUT2D eigenvalue weighted by Gasteiger charge is -2.32. The van der Waals surface area contributed by atoms with Gasteiger partial charge in [-0.25, -0.2) is 12.8 Å². The molecule has 2 aromatic rings. The van der Waals surface area contributed by atoms with Crippen LogP contribution in [-0.2, 0) is 21.2 Å². The number of sulfonamides is 1. The maximum atomic E-state index is 13.3. The van der Waals surface area contributed by atoms with Crippen molar-refractivity contribution in [1.82, 2.24) is 5.32 Å². The van der Waals surface area contributed by atoms with Crippen molar-refractivity contribution in [2.45, 2.75) is 38.6 Å². The van der Waals surface area contributed by atoms with Crippen LogP contribution < -0.4 is 14.5 Å². The number of carbonyl (C=O) groups excluding carboxylic acids is 1. The van der Waals surface area contributed by atoms with Crippen molar-refractivity contribution in [2.24, 2.45) is 0 Å². The van der Waals surface area contributed by atoms with Crippen LogP contribution >= 0.6 is 0 Å². The fraction of sp³-hybridized carbons (Fsp3) is 0.435. The van der Waals surface area contributed by atoms with Crippen LogP contribution in [0.15, 0.2) is 48.5 Å². The first kappa shape index (κ1) is 23.1. The Morgan fingerprint density at radius 2 is 1.90 bits per heavy atom. The van der Waals surface area contributed by atoms with E-state index in [4.69, 9.17) is 0 Å². The number of carbonyl (C=O) groups is 1. The zero-order valence-corrected chi connectivity index (χ0v) is 18.9. The third-order valence-electron chi connectivity index (χ3n) is 5.52. The number of fused-ring (bicyclic) bond motifs is 1. The number of nitrogens with one attached hydrogen (secondary N) is 1. The summed E-state index contributed by atoms with van der Waals surface area (Å²) in [7, 11) is -3.73. The smallest absolute Gasteiger partial charge is 0.243 e. The van der Waals surface area contributed by atoms with Crippen molar-refractivity contribution in [3.8, 4) is 0 Å². The molecular weight excluding hydrogens is 417 g/mol. The molecule has 168 valence electrons. The van der Waals surface area contributed by atoms with Crippen molar-refractivity contribution >= 4 is 27.3 Å². The summed E-state index contributed by atoms with van der Waals surface area (Å²) in [5, 5.41) is 2.89. The zero-order valence-electron chi connectivity index (χ0n) is 18.1. The molecule has 1 aliphatic rings. The Balaban J connectivity index is 1.61. The number of hydrogen-bond acceptors (Lipinski definition) is 4. The van der Waals surface area contributed by atoms with Crippen molar-refractivity contribution in [3.63, 3.8) is 0 Å². The normalized spacial score (nSPS) is 14.6. The Morgan fingerprint density at radius 1 is 1.19 bits per heavy atom. The van der Waals surface area contributed by atoms with Gasteiger partial charge >= 0.3 is 0 Å². The number of benzene rings is 2. The third-order valence-corrected chi connectivity index (χ3v) is 6.70. The quantitative estimate of drug-likeness (QED) is 0.599. The predicted octanol–water partition coefficient (Wildman–Crippen LogP) is 3.33. The highest BCUT2D eigenvalue weighted by Gasteiger charge is 2.31. The predicted molar refractivity (Wildman–Crippen MR) is 122 cm³/mol. The second kappa shape index (κ2) is 10.1. The Morgan fingerprint density at radius 3 is 2.58 bits per heavy atom. The van der Waals surface area contributed by atoms with Crippen LogP contribution in [0.25, 0.3) is 0 Å². The molecule has 0 unspecified atom stereocenters.